The van der Waals surface area contributed by atoms with E-state index in [-0.39, 0.29) is 11.3 Å². The predicted molar refractivity (Wildman–Crippen MR) is 90.7 cm³/mol. The van der Waals surface area contributed by atoms with Crippen LogP contribution in [-0.2, 0) is 4.79 Å². The van der Waals surface area contributed by atoms with Gasteiger partial charge in [0.15, 0.2) is 0 Å². The van der Waals surface area contributed by atoms with Crippen LogP contribution in [0.5, 0.6) is 0 Å². The average molecular weight is 345 g/mol. The Morgan fingerprint density at radius 1 is 1.17 bits per heavy atom. The summed E-state index contributed by atoms with van der Waals surface area (Å²) in [6.07, 6.45) is 0. The van der Waals surface area contributed by atoms with E-state index in [0.29, 0.717) is 21.0 Å². The summed E-state index contributed by atoms with van der Waals surface area (Å²) in [6.45, 7) is 0. The molecule has 0 bridgehead atoms. The second-order valence-corrected chi connectivity index (χ2v) is 6.30. The Labute approximate surface area is 141 Å². The van der Waals surface area contributed by atoms with Crippen molar-refractivity contribution in [2.24, 2.45) is 0 Å². The van der Waals surface area contributed by atoms with Crippen molar-refractivity contribution in [2.45, 2.75) is 4.90 Å². The number of halogens is 1. The smallest absolute Gasteiger partial charge is 0.262 e. The van der Waals surface area contributed by atoms with E-state index in [0.717, 1.165) is 22.7 Å². The van der Waals surface area contributed by atoms with Crippen LogP contribution >= 0.6 is 23.4 Å². The molecule has 0 saturated heterocycles. The van der Waals surface area contributed by atoms with Crippen LogP contribution in [0, 0.1) is 0 Å². The molecule has 116 valence electrons. The van der Waals surface area contributed by atoms with E-state index < -0.39 is 5.97 Å². The number of aromatic nitrogens is 1. The largest absolute Gasteiger partial charge is 0.549 e. The molecule has 0 atom stereocenters. The van der Waals surface area contributed by atoms with Crippen LogP contribution in [0.2, 0.25) is 5.02 Å². The molecule has 1 heterocycles. The fraction of sp³-hybridized carbons (Fsp3) is 0.0588. The zero-order chi connectivity index (χ0) is 16.4. The molecule has 0 aliphatic carbocycles. The molecule has 0 fully saturated rings. The molecule has 0 spiro atoms. The Morgan fingerprint density at radius 3 is 2.61 bits per heavy atom. The topological polar surface area (TPSA) is 73.0 Å². The van der Waals surface area contributed by atoms with Crippen molar-refractivity contribution in [1.29, 1.82) is 0 Å². The first-order chi connectivity index (χ1) is 11.1. The van der Waals surface area contributed by atoms with Gasteiger partial charge in [-0.1, -0.05) is 41.9 Å². The Bertz CT molecular complexity index is 938. The first-order valence-corrected chi connectivity index (χ1v) is 8.16. The number of pyridine rings is 1. The number of aromatic amines is 1. The summed E-state index contributed by atoms with van der Waals surface area (Å²) in [4.78, 5) is 26.3. The molecular weight excluding hydrogens is 334 g/mol. The number of nitrogens with one attached hydrogen (secondary N) is 1. The number of carbonyl (C=O) groups excluding carboxylic acids is 1. The average Bonchev–Trinajstić information content (AvgIpc) is 2.53. The van der Waals surface area contributed by atoms with E-state index in [1.807, 2.05) is 30.3 Å². The van der Waals surface area contributed by atoms with Gasteiger partial charge >= 0.3 is 0 Å². The molecule has 23 heavy (non-hydrogen) atoms. The van der Waals surface area contributed by atoms with Crippen molar-refractivity contribution in [3.8, 4) is 11.1 Å². The third-order valence-corrected chi connectivity index (χ3v) is 4.62. The highest BCUT2D eigenvalue weighted by Gasteiger charge is 2.15. The van der Waals surface area contributed by atoms with Crippen LogP contribution < -0.4 is 10.7 Å². The van der Waals surface area contributed by atoms with E-state index in [1.54, 1.807) is 18.2 Å². The van der Waals surface area contributed by atoms with Gasteiger partial charge in [-0.05, 0) is 23.8 Å². The monoisotopic (exact) mass is 344 g/mol. The number of aliphatic carboxylic acids is 1. The molecule has 3 rings (SSSR count). The van der Waals surface area contributed by atoms with Gasteiger partial charge in [-0.25, -0.2) is 0 Å². The number of thioether (sulfide) groups is 1. The lowest BCUT2D eigenvalue weighted by molar-refractivity contribution is -0.301. The molecule has 0 aliphatic heterocycles. The van der Waals surface area contributed by atoms with Crippen LogP contribution in [0.15, 0.2) is 58.2 Å². The number of fused-ring (bicyclic) bond motifs is 1. The van der Waals surface area contributed by atoms with Crippen LogP contribution in [0.4, 0.5) is 0 Å². The van der Waals surface area contributed by atoms with Gasteiger partial charge in [-0.15, -0.1) is 11.8 Å². The Kier molecular flexibility index (Phi) is 4.41. The fourth-order valence-corrected chi connectivity index (χ4v) is 3.40. The zero-order valence-electron chi connectivity index (χ0n) is 11.8. The maximum atomic E-state index is 12.4. The summed E-state index contributed by atoms with van der Waals surface area (Å²) in [6, 6.07) is 14.5. The maximum absolute atomic E-state index is 12.4. The number of hydrogen-bond acceptors (Lipinski definition) is 4. The number of rotatable bonds is 4. The van der Waals surface area contributed by atoms with E-state index in [1.165, 1.54) is 0 Å². The van der Waals surface area contributed by atoms with Crippen LogP contribution in [0.25, 0.3) is 22.0 Å². The van der Waals surface area contributed by atoms with Crippen molar-refractivity contribution in [2.75, 3.05) is 5.75 Å². The zero-order valence-corrected chi connectivity index (χ0v) is 13.4. The minimum atomic E-state index is -1.22. The summed E-state index contributed by atoms with van der Waals surface area (Å²) < 4.78 is 0. The van der Waals surface area contributed by atoms with Crippen molar-refractivity contribution in [3.05, 3.63) is 63.9 Å². The molecule has 0 radical (unpaired) electrons. The minimum absolute atomic E-state index is 0.297. The summed E-state index contributed by atoms with van der Waals surface area (Å²) in [7, 11) is 0. The van der Waals surface area contributed by atoms with Gasteiger partial charge < -0.3 is 14.9 Å². The van der Waals surface area contributed by atoms with Gasteiger partial charge in [-0.3, -0.25) is 4.79 Å². The SMILES string of the molecule is O=C([O-])CSc1c(-c2ccccc2)c2cc(Cl)ccc2[nH]c1=O. The van der Waals surface area contributed by atoms with Crippen molar-refractivity contribution in [3.63, 3.8) is 0 Å². The highest BCUT2D eigenvalue weighted by Crippen LogP contribution is 2.35. The van der Waals surface area contributed by atoms with Crippen LogP contribution in [0.3, 0.4) is 0 Å². The third-order valence-electron chi connectivity index (χ3n) is 3.33. The van der Waals surface area contributed by atoms with E-state index >= 15 is 0 Å². The molecule has 1 N–H and O–H groups in total. The number of carboxylic acids is 1. The number of H-pyrrole nitrogens is 1. The number of hydrogen-bond donors (Lipinski definition) is 1. The molecule has 1 aromatic heterocycles. The van der Waals surface area contributed by atoms with Crippen molar-refractivity contribution < 1.29 is 9.90 Å². The molecule has 3 aromatic rings. The second kappa shape index (κ2) is 6.48. The van der Waals surface area contributed by atoms with Crippen LogP contribution in [-0.4, -0.2) is 16.7 Å². The predicted octanol–water partition coefficient (Wildman–Crippen LogP) is 2.69. The van der Waals surface area contributed by atoms with E-state index in [2.05, 4.69) is 4.98 Å². The lowest BCUT2D eigenvalue weighted by Gasteiger charge is -2.13. The molecule has 0 saturated carbocycles. The minimum Gasteiger partial charge on any atom is -0.549 e. The van der Waals surface area contributed by atoms with E-state index in [9.17, 15) is 14.7 Å². The number of carbonyl (C=O) groups is 1. The van der Waals surface area contributed by atoms with Gasteiger partial charge in [0.05, 0.1) is 10.9 Å². The fourth-order valence-electron chi connectivity index (χ4n) is 2.41. The lowest BCUT2D eigenvalue weighted by atomic mass is 10.0. The van der Waals surface area contributed by atoms with Crippen molar-refractivity contribution in [1.82, 2.24) is 4.98 Å². The summed E-state index contributed by atoms with van der Waals surface area (Å²) in [5.41, 5.74) is 1.82. The molecule has 0 amide bonds. The van der Waals surface area contributed by atoms with Gasteiger partial charge in [-0.2, -0.15) is 0 Å². The molecule has 0 unspecified atom stereocenters. The maximum Gasteiger partial charge on any atom is 0.262 e. The molecule has 6 heteroatoms. The third kappa shape index (κ3) is 3.25. The standard InChI is InChI=1S/C17H12ClNO3S/c18-11-6-7-13-12(8-11)15(10-4-2-1-3-5-10)16(17(22)19-13)23-9-14(20)21/h1-8H,9H2,(H,19,22)(H,20,21)/p-1. The summed E-state index contributed by atoms with van der Waals surface area (Å²) >= 11 is 7.04. The van der Waals surface area contributed by atoms with Crippen LogP contribution in [0.1, 0.15) is 0 Å². The van der Waals surface area contributed by atoms with Gasteiger partial charge in [0, 0.05) is 27.2 Å². The van der Waals surface area contributed by atoms with Gasteiger partial charge in [0.1, 0.15) is 0 Å². The molecular formula is C17H11ClNO3S-. The Hall–Kier alpha value is -2.24. The normalized spacial score (nSPS) is 10.8. The molecule has 2 aromatic carbocycles. The number of carboxylic acid groups (broad SMARTS) is 1. The molecule has 0 aliphatic rings. The quantitative estimate of drug-likeness (QED) is 0.738. The summed E-state index contributed by atoms with van der Waals surface area (Å²) in [5, 5.41) is 12.1. The van der Waals surface area contributed by atoms with E-state index in [4.69, 9.17) is 11.6 Å². The Morgan fingerprint density at radius 2 is 1.91 bits per heavy atom. The second-order valence-electron chi connectivity index (χ2n) is 4.87. The molecule has 4 nitrogen and oxygen atoms in total. The van der Waals surface area contributed by atoms with Gasteiger partial charge in [0.2, 0.25) is 0 Å². The first kappa shape index (κ1) is 15.6. The Balaban J connectivity index is 2.34. The summed E-state index contributed by atoms with van der Waals surface area (Å²) in [5.74, 6) is -1.52. The highest BCUT2D eigenvalue weighted by atomic mass is 35.5. The number of benzene rings is 2. The van der Waals surface area contributed by atoms with Crippen molar-refractivity contribution >= 4 is 40.2 Å². The highest BCUT2D eigenvalue weighted by molar-refractivity contribution is 8.00. The van der Waals surface area contributed by atoms with Gasteiger partial charge in [0.25, 0.3) is 5.56 Å². The first-order valence-electron chi connectivity index (χ1n) is 6.80. The lowest BCUT2D eigenvalue weighted by Crippen LogP contribution is -2.25.